The fourth-order valence-corrected chi connectivity index (χ4v) is 2.36. The molecule has 96 valence electrons. The number of carbonyl (C=O) groups excluding carboxylic acids is 1. The first-order valence-electron chi connectivity index (χ1n) is 5.98. The van der Waals surface area contributed by atoms with Gasteiger partial charge in [-0.1, -0.05) is 6.07 Å². The molecule has 0 saturated carbocycles. The van der Waals surface area contributed by atoms with Crippen molar-refractivity contribution >= 4 is 34.8 Å². The van der Waals surface area contributed by atoms with Crippen molar-refractivity contribution in [2.24, 2.45) is 0 Å². The number of benzene rings is 1. The molecule has 2 aromatic rings. The van der Waals surface area contributed by atoms with Crippen molar-refractivity contribution in [3.05, 3.63) is 47.5 Å². The van der Waals surface area contributed by atoms with Crippen molar-refractivity contribution < 1.29 is 4.79 Å². The van der Waals surface area contributed by atoms with Gasteiger partial charge in [-0.25, -0.2) is 4.98 Å². The van der Waals surface area contributed by atoms with Crippen LogP contribution in [0.5, 0.6) is 0 Å². The van der Waals surface area contributed by atoms with E-state index >= 15 is 0 Å². The summed E-state index contributed by atoms with van der Waals surface area (Å²) in [6, 6.07) is 5.92. The van der Waals surface area contributed by atoms with E-state index in [2.05, 4.69) is 15.3 Å². The average Bonchev–Trinajstić information content (AvgIpc) is 3.00. The number of carbonyl (C=O) groups is 1. The van der Waals surface area contributed by atoms with Gasteiger partial charge in [0.05, 0.1) is 23.8 Å². The molecule has 1 amide bonds. The molecule has 5 heteroatoms. The highest BCUT2D eigenvalue weighted by Gasteiger charge is 2.24. The predicted octanol–water partition coefficient (Wildman–Crippen LogP) is 2.68. The summed E-state index contributed by atoms with van der Waals surface area (Å²) in [4.78, 5) is 18.9. The molecular formula is C14H12ClN3O. The lowest BCUT2D eigenvalue weighted by atomic mass is 10.0. The second-order valence-electron chi connectivity index (χ2n) is 4.34. The number of halogens is 1. The number of fused-ring (bicyclic) bond motifs is 1. The summed E-state index contributed by atoms with van der Waals surface area (Å²) in [5.41, 5.74) is 4.34. The maximum absolute atomic E-state index is 12.0. The van der Waals surface area contributed by atoms with Crippen molar-refractivity contribution in [3.63, 3.8) is 0 Å². The van der Waals surface area contributed by atoms with E-state index < -0.39 is 0 Å². The quantitative estimate of drug-likeness (QED) is 0.667. The van der Waals surface area contributed by atoms with Crippen LogP contribution in [-0.2, 0) is 11.2 Å². The van der Waals surface area contributed by atoms with E-state index in [-0.39, 0.29) is 5.91 Å². The lowest BCUT2D eigenvalue weighted by Crippen LogP contribution is -2.03. The van der Waals surface area contributed by atoms with Gasteiger partial charge in [0.2, 0.25) is 0 Å². The van der Waals surface area contributed by atoms with Crippen molar-refractivity contribution in [2.45, 2.75) is 6.42 Å². The Labute approximate surface area is 115 Å². The van der Waals surface area contributed by atoms with Crippen molar-refractivity contribution in [1.29, 1.82) is 0 Å². The maximum Gasteiger partial charge on any atom is 0.256 e. The molecule has 0 saturated heterocycles. The highest BCUT2D eigenvalue weighted by molar-refractivity contribution is 6.34. The predicted molar refractivity (Wildman–Crippen MR) is 76.0 cm³/mol. The molecule has 3 rings (SSSR count). The molecule has 4 nitrogen and oxygen atoms in total. The zero-order valence-electron chi connectivity index (χ0n) is 10.1. The van der Waals surface area contributed by atoms with Gasteiger partial charge in [-0.15, -0.1) is 11.6 Å². The molecule has 2 heterocycles. The Bertz CT molecular complexity index is 647. The number of aryl methyl sites for hydroxylation is 1. The molecule has 0 radical (unpaired) electrons. The Morgan fingerprint density at radius 3 is 3.00 bits per heavy atom. The molecule has 0 bridgehead atoms. The number of hydrogen-bond donors (Lipinski definition) is 2. The number of aromatic nitrogens is 2. The van der Waals surface area contributed by atoms with Gasteiger partial charge in [0.1, 0.15) is 0 Å². The number of anilines is 1. The Hall–Kier alpha value is -2.07. The van der Waals surface area contributed by atoms with E-state index in [4.69, 9.17) is 11.6 Å². The number of nitrogens with one attached hydrogen (secondary N) is 2. The minimum absolute atomic E-state index is 0.0902. The van der Waals surface area contributed by atoms with Gasteiger partial charge in [0.15, 0.2) is 0 Å². The van der Waals surface area contributed by atoms with Crippen LogP contribution in [0.3, 0.4) is 0 Å². The summed E-state index contributed by atoms with van der Waals surface area (Å²) in [6.45, 7) is 0. The molecular weight excluding hydrogens is 262 g/mol. The Morgan fingerprint density at radius 1 is 1.37 bits per heavy atom. The van der Waals surface area contributed by atoms with E-state index in [0.717, 1.165) is 28.9 Å². The van der Waals surface area contributed by atoms with Gasteiger partial charge in [0, 0.05) is 17.1 Å². The number of amides is 1. The summed E-state index contributed by atoms with van der Waals surface area (Å²) in [5.74, 6) is 0.479. The topological polar surface area (TPSA) is 57.8 Å². The highest BCUT2D eigenvalue weighted by atomic mass is 35.5. The molecule has 0 atom stereocenters. The fourth-order valence-electron chi connectivity index (χ4n) is 2.14. The van der Waals surface area contributed by atoms with Crippen LogP contribution in [0, 0.1) is 0 Å². The number of imidazole rings is 1. The fraction of sp³-hybridized carbons (Fsp3) is 0.143. The van der Waals surface area contributed by atoms with Gasteiger partial charge in [0.25, 0.3) is 5.91 Å². The van der Waals surface area contributed by atoms with Crippen molar-refractivity contribution in [3.8, 4) is 0 Å². The van der Waals surface area contributed by atoms with Crippen LogP contribution in [0.1, 0.15) is 16.8 Å². The second-order valence-corrected chi connectivity index (χ2v) is 4.72. The first kappa shape index (κ1) is 12.0. The highest BCUT2D eigenvalue weighted by Crippen LogP contribution is 2.33. The average molecular weight is 274 g/mol. The molecule has 1 aromatic carbocycles. The van der Waals surface area contributed by atoms with Crippen molar-refractivity contribution in [2.75, 3.05) is 11.2 Å². The van der Waals surface area contributed by atoms with Gasteiger partial charge in [-0.3, -0.25) is 4.79 Å². The van der Waals surface area contributed by atoms with Gasteiger partial charge in [-0.2, -0.15) is 0 Å². The summed E-state index contributed by atoms with van der Waals surface area (Å²) < 4.78 is 0. The third-order valence-corrected chi connectivity index (χ3v) is 3.26. The van der Waals surface area contributed by atoms with Gasteiger partial charge in [-0.05, 0) is 30.2 Å². The Morgan fingerprint density at radius 2 is 2.26 bits per heavy atom. The molecule has 19 heavy (non-hydrogen) atoms. The van der Waals surface area contributed by atoms with Crippen LogP contribution in [0.15, 0.2) is 30.7 Å². The van der Waals surface area contributed by atoms with E-state index in [1.165, 1.54) is 0 Å². The molecule has 2 N–H and O–H groups in total. The van der Waals surface area contributed by atoms with Crippen molar-refractivity contribution in [1.82, 2.24) is 9.97 Å². The SMILES string of the molecule is O=C1Nc2ccc(CCCl)cc2C1=Cc1cnc[nH]1. The summed E-state index contributed by atoms with van der Waals surface area (Å²) in [6.07, 6.45) is 5.87. The molecule has 0 unspecified atom stereocenters. The normalized spacial score (nSPS) is 15.6. The first-order chi connectivity index (χ1) is 9.28. The summed E-state index contributed by atoms with van der Waals surface area (Å²) >= 11 is 5.76. The zero-order chi connectivity index (χ0) is 13.2. The van der Waals surface area contributed by atoms with E-state index in [1.807, 2.05) is 18.2 Å². The maximum atomic E-state index is 12.0. The largest absolute Gasteiger partial charge is 0.345 e. The molecule has 1 aliphatic heterocycles. The van der Waals surface area contributed by atoms with Gasteiger partial charge >= 0.3 is 0 Å². The lowest BCUT2D eigenvalue weighted by Gasteiger charge is -2.02. The van der Waals surface area contributed by atoms with E-state index in [1.54, 1.807) is 18.6 Å². The number of nitrogens with zero attached hydrogens (tertiary/aromatic N) is 1. The number of aromatic amines is 1. The van der Waals surface area contributed by atoms with Crippen LogP contribution < -0.4 is 5.32 Å². The number of alkyl halides is 1. The molecule has 1 aromatic heterocycles. The van der Waals surface area contributed by atoms with Crippen LogP contribution >= 0.6 is 11.6 Å². The lowest BCUT2D eigenvalue weighted by molar-refractivity contribution is -0.110. The first-order valence-corrected chi connectivity index (χ1v) is 6.52. The summed E-state index contributed by atoms with van der Waals surface area (Å²) in [5, 5.41) is 2.85. The Kier molecular flexibility index (Phi) is 3.09. The number of hydrogen-bond acceptors (Lipinski definition) is 2. The zero-order valence-corrected chi connectivity index (χ0v) is 10.9. The second kappa shape index (κ2) is 4.90. The van der Waals surface area contributed by atoms with E-state index in [9.17, 15) is 4.79 Å². The van der Waals surface area contributed by atoms with Crippen LogP contribution in [-0.4, -0.2) is 21.8 Å². The number of rotatable bonds is 3. The molecule has 0 spiro atoms. The standard InChI is InChI=1S/C14H12ClN3O/c15-4-3-9-1-2-13-11(5-9)12(14(19)18-13)6-10-7-16-8-17-10/h1-2,5-8H,3-4H2,(H,16,17)(H,18,19). The monoisotopic (exact) mass is 273 g/mol. The molecule has 0 aliphatic carbocycles. The van der Waals surface area contributed by atoms with Crippen LogP contribution in [0.4, 0.5) is 5.69 Å². The smallest absolute Gasteiger partial charge is 0.256 e. The van der Waals surface area contributed by atoms with E-state index in [0.29, 0.717) is 11.5 Å². The molecule has 1 aliphatic rings. The van der Waals surface area contributed by atoms with Gasteiger partial charge < -0.3 is 10.3 Å². The van der Waals surface area contributed by atoms with Crippen LogP contribution in [0.25, 0.3) is 11.6 Å². The minimum Gasteiger partial charge on any atom is -0.345 e. The molecule has 0 fully saturated rings. The number of H-pyrrole nitrogens is 1. The van der Waals surface area contributed by atoms with Crippen LogP contribution in [0.2, 0.25) is 0 Å². The Balaban J connectivity index is 2.05. The minimum atomic E-state index is -0.0902. The summed E-state index contributed by atoms with van der Waals surface area (Å²) in [7, 11) is 0. The third-order valence-electron chi connectivity index (χ3n) is 3.07. The third kappa shape index (κ3) is 2.27.